The highest BCUT2D eigenvalue weighted by atomic mass is 16.5. The van der Waals surface area contributed by atoms with Crippen LogP contribution in [0.3, 0.4) is 0 Å². The number of esters is 1. The maximum atomic E-state index is 11.6. The number of hydrogen-bond donors (Lipinski definition) is 0. The Kier molecular flexibility index (Phi) is 2.68. The van der Waals surface area contributed by atoms with Gasteiger partial charge in [-0.3, -0.25) is 0 Å². The molecule has 0 fully saturated rings. The second kappa shape index (κ2) is 4.13. The first kappa shape index (κ1) is 9.71. The van der Waals surface area contributed by atoms with Crippen LogP contribution in [0.2, 0.25) is 0 Å². The summed E-state index contributed by atoms with van der Waals surface area (Å²) < 4.78 is 4.89. The molecule has 0 saturated heterocycles. The van der Waals surface area contributed by atoms with Crippen LogP contribution >= 0.6 is 0 Å². The van der Waals surface area contributed by atoms with Crippen molar-refractivity contribution in [3.05, 3.63) is 55.0 Å². The lowest BCUT2D eigenvalue weighted by atomic mass is 10.1. The van der Waals surface area contributed by atoms with Crippen molar-refractivity contribution in [2.24, 2.45) is 0 Å². The topological polar surface area (TPSA) is 26.3 Å². The Balaban J connectivity index is 2.56. The molecule has 0 heterocycles. The van der Waals surface area contributed by atoms with E-state index in [4.69, 9.17) is 4.74 Å². The highest BCUT2D eigenvalue weighted by Gasteiger charge is 2.09. The molecule has 2 rings (SSSR count). The van der Waals surface area contributed by atoms with Crippen molar-refractivity contribution in [3.63, 3.8) is 0 Å². The molecule has 0 aliphatic rings. The van der Waals surface area contributed by atoms with Crippen LogP contribution < -0.4 is 0 Å². The van der Waals surface area contributed by atoms with Crippen LogP contribution in [0.25, 0.3) is 10.8 Å². The zero-order valence-electron chi connectivity index (χ0n) is 8.27. The predicted octanol–water partition coefficient (Wildman–Crippen LogP) is 2.83. The van der Waals surface area contributed by atoms with Gasteiger partial charge in [0.05, 0.1) is 12.2 Å². The molecule has 2 aromatic carbocycles. The molecule has 0 amide bonds. The summed E-state index contributed by atoms with van der Waals surface area (Å²) in [5.41, 5.74) is 0.594. The molecule has 0 aliphatic carbocycles. The van der Waals surface area contributed by atoms with Crippen LogP contribution in [-0.4, -0.2) is 12.6 Å². The molecule has 0 spiro atoms. The van der Waals surface area contributed by atoms with Gasteiger partial charge in [-0.25, -0.2) is 4.79 Å². The lowest BCUT2D eigenvalue weighted by molar-refractivity contribution is 0.0550. The Morgan fingerprint density at radius 2 is 1.87 bits per heavy atom. The number of fused-ring (bicyclic) bond motifs is 1. The number of rotatable bonds is 2. The highest BCUT2D eigenvalue weighted by Crippen LogP contribution is 2.18. The van der Waals surface area contributed by atoms with E-state index in [-0.39, 0.29) is 12.6 Å². The lowest BCUT2D eigenvalue weighted by Crippen LogP contribution is -2.05. The van der Waals surface area contributed by atoms with Crippen molar-refractivity contribution in [2.75, 3.05) is 6.61 Å². The Labute approximate surface area is 88.5 Å². The van der Waals surface area contributed by atoms with Crippen LogP contribution in [-0.2, 0) is 4.74 Å². The second-order valence-electron chi connectivity index (χ2n) is 3.16. The maximum Gasteiger partial charge on any atom is 0.338 e. The van der Waals surface area contributed by atoms with Crippen molar-refractivity contribution in [1.29, 1.82) is 0 Å². The Bertz CT molecular complexity index is 483. The smallest absolute Gasteiger partial charge is 0.338 e. The van der Waals surface area contributed by atoms with Gasteiger partial charge in [0.2, 0.25) is 0 Å². The standard InChI is InChI=1S/C13H11O2/c1-2-15-13(14)12-9-5-7-10-6-3-4-8-11(10)12/h3-9H,1-2H2. The first-order valence-electron chi connectivity index (χ1n) is 4.77. The first-order chi connectivity index (χ1) is 7.33. The summed E-state index contributed by atoms with van der Waals surface area (Å²) >= 11 is 0. The van der Waals surface area contributed by atoms with E-state index in [2.05, 4.69) is 6.92 Å². The lowest BCUT2D eigenvalue weighted by Gasteiger charge is -2.05. The average molecular weight is 199 g/mol. The normalized spacial score (nSPS) is 10.2. The van der Waals surface area contributed by atoms with Crippen molar-refractivity contribution < 1.29 is 9.53 Å². The van der Waals surface area contributed by atoms with E-state index in [9.17, 15) is 4.79 Å². The first-order valence-corrected chi connectivity index (χ1v) is 4.77. The zero-order chi connectivity index (χ0) is 10.7. The predicted molar refractivity (Wildman–Crippen MR) is 59.6 cm³/mol. The van der Waals surface area contributed by atoms with Crippen molar-refractivity contribution >= 4 is 16.7 Å². The third-order valence-electron chi connectivity index (χ3n) is 2.24. The van der Waals surface area contributed by atoms with E-state index in [1.165, 1.54) is 0 Å². The number of ether oxygens (including phenoxy) is 1. The van der Waals surface area contributed by atoms with Crippen LogP contribution in [0, 0.1) is 6.92 Å². The van der Waals surface area contributed by atoms with Gasteiger partial charge in [-0.05, 0) is 23.8 Å². The third kappa shape index (κ3) is 1.84. The fourth-order valence-electron chi connectivity index (χ4n) is 1.57. The van der Waals surface area contributed by atoms with Crippen molar-refractivity contribution in [2.45, 2.75) is 0 Å². The number of carbonyl (C=O) groups is 1. The molecule has 2 nitrogen and oxygen atoms in total. The summed E-state index contributed by atoms with van der Waals surface area (Å²) in [6.45, 7) is 3.64. The summed E-state index contributed by atoms with van der Waals surface area (Å²) in [6, 6.07) is 13.3. The van der Waals surface area contributed by atoms with Crippen LogP contribution in [0.5, 0.6) is 0 Å². The van der Waals surface area contributed by atoms with E-state index in [0.717, 1.165) is 10.8 Å². The van der Waals surface area contributed by atoms with Gasteiger partial charge in [0.25, 0.3) is 0 Å². The van der Waals surface area contributed by atoms with E-state index >= 15 is 0 Å². The summed E-state index contributed by atoms with van der Waals surface area (Å²) in [7, 11) is 0. The molecule has 75 valence electrons. The molecule has 2 aromatic rings. The molecular formula is C13H11O2. The molecular weight excluding hydrogens is 188 g/mol. The van der Waals surface area contributed by atoms with Crippen LogP contribution in [0.15, 0.2) is 42.5 Å². The summed E-state index contributed by atoms with van der Waals surface area (Å²) in [5, 5.41) is 1.95. The average Bonchev–Trinajstić information content (AvgIpc) is 2.28. The molecule has 0 aliphatic heterocycles. The third-order valence-corrected chi connectivity index (χ3v) is 2.24. The molecule has 0 bridgehead atoms. The second-order valence-corrected chi connectivity index (χ2v) is 3.16. The number of carbonyl (C=O) groups excluding carboxylic acids is 1. The van der Waals surface area contributed by atoms with Gasteiger partial charge in [0, 0.05) is 0 Å². The molecule has 15 heavy (non-hydrogen) atoms. The van der Waals surface area contributed by atoms with Gasteiger partial charge in [-0.15, -0.1) is 0 Å². The van der Waals surface area contributed by atoms with Gasteiger partial charge in [-0.2, -0.15) is 0 Å². The number of hydrogen-bond acceptors (Lipinski definition) is 2. The molecule has 0 saturated carbocycles. The summed E-state index contributed by atoms with van der Waals surface area (Å²) in [6.07, 6.45) is 0. The Morgan fingerprint density at radius 1 is 1.13 bits per heavy atom. The van der Waals surface area contributed by atoms with Crippen LogP contribution in [0.1, 0.15) is 10.4 Å². The highest BCUT2D eigenvalue weighted by molar-refractivity contribution is 6.04. The quantitative estimate of drug-likeness (QED) is 0.695. The number of benzene rings is 2. The minimum Gasteiger partial charge on any atom is -0.462 e. The van der Waals surface area contributed by atoms with Crippen molar-refractivity contribution in [3.8, 4) is 0 Å². The van der Waals surface area contributed by atoms with Crippen LogP contribution in [0.4, 0.5) is 0 Å². The fourth-order valence-corrected chi connectivity index (χ4v) is 1.57. The molecule has 0 atom stereocenters. The summed E-state index contributed by atoms with van der Waals surface area (Å²) in [4.78, 5) is 11.6. The minimum absolute atomic E-state index is 0.155. The largest absolute Gasteiger partial charge is 0.462 e. The van der Waals surface area contributed by atoms with E-state index in [1.54, 1.807) is 6.07 Å². The fraction of sp³-hybridized carbons (Fsp3) is 0.0769. The van der Waals surface area contributed by atoms with E-state index in [0.29, 0.717) is 5.56 Å². The Morgan fingerprint density at radius 3 is 2.67 bits per heavy atom. The summed E-state index contributed by atoms with van der Waals surface area (Å²) in [5.74, 6) is -0.318. The van der Waals surface area contributed by atoms with Crippen molar-refractivity contribution in [1.82, 2.24) is 0 Å². The van der Waals surface area contributed by atoms with Gasteiger partial charge in [0.1, 0.15) is 0 Å². The zero-order valence-corrected chi connectivity index (χ0v) is 8.27. The monoisotopic (exact) mass is 199 g/mol. The SMILES string of the molecule is [CH2]COC(=O)c1cccc2ccccc12. The van der Waals surface area contributed by atoms with Gasteiger partial charge in [-0.1, -0.05) is 36.4 Å². The van der Waals surface area contributed by atoms with Gasteiger partial charge in [0.15, 0.2) is 0 Å². The molecule has 0 aromatic heterocycles. The minimum atomic E-state index is -0.318. The van der Waals surface area contributed by atoms with E-state index < -0.39 is 0 Å². The Hall–Kier alpha value is -1.83. The molecule has 0 N–H and O–H groups in total. The maximum absolute atomic E-state index is 11.6. The van der Waals surface area contributed by atoms with Gasteiger partial charge >= 0.3 is 5.97 Å². The molecule has 1 radical (unpaired) electrons. The van der Waals surface area contributed by atoms with E-state index in [1.807, 2.05) is 36.4 Å². The molecule has 2 heteroatoms. The van der Waals surface area contributed by atoms with Gasteiger partial charge < -0.3 is 4.74 Å². The molecule has 0 unspecified atom stereocenters.